The van der Waals surface area contributed by atoms with Crippen molar-refractivity contribution in [3.63, 3.8) is 0 Å². The van der Waals surface area contributed by atoms with Crippen LogP contribution >= 0.6 is 22.6 Å². The lowest BCUT2D eigenvalue weighted by Crippen LogP contribution is -1.98. The minimum absolute atomic E-state index is 0.545. The molecule has 0 saturated carbocycles. The highest BCUT2D eigenvalue weighted by atomic mass is 127. The van der Waals surface area contributed by atoms with Crippen LogP contribution in [0.3, 0.4) is 0 Å². The van der Waals surface area contributed by atoms with E-state index in [4.69, 9.17) is 0 Å². The average Bonchev–Trinajstić information content (AvgIpc) is 1.68. The number of hydrogen-bond acceptors (Lipinski definition) is 0. The Morgan fingerprint density at radius 3 is 2.50 bits per heavy atom. The van der Waals surface area contributed by atoms with Gasteiger partial charge in [-0.25, -0.2) is 4.39 Å². The lowest BCUT2D eigenvalue weighted by molar-refractivity contribution is 0.307. The smallest absolute Gasteiger partial charge is 0.101 e. The van der Waals surface area contributed by atoms with E-state index >= 15 is 0 Å². The standard InChI is InChI=1S/C6H12FI/c1-2-3-6(7)4-5-8/h6H,2-5H2,1H3. The van der Waals surface area contributed by atoms with E-state index in [0.29, 0.717) is 0 Å². The molecule has 0 fully saturated rings. The van der Waals surface area contributed by atoms with Crippen LogP contribution in [0.1, 0.15) is 26.2 Å². The molecule has 2 heteroatoms. The van der Waals surface area contributed by atoms with Gasteiger partial charge >= 0.3 is 0 Å². The molecule has 50 valence electrons. The molecule has 0 spiro atoms. The Bertz CT molecular complexity index is 41.8. The molecule has 0 aliphatic heterocycles. The maximum absolute atomic E-state index is 12.4. The third-order valence-corrected chi connectivity index (χ3v) is 1.65. The van der Waals surface area contributed by atoms with Gasteiger partial charge in [0.05, 0.1) is 0 Å². The predicted octanol–water partition coefficient (Wildman–Crippen LogP) is 2.95. The molecule has 1 unspecified atom stereocenters. The summed E-state index contributed by atoms with van der Waals surface area (Å²) in [6.07, 6.45) is 1.90. The van der Waals surface area contributed by atoms with Crippen molar-refractivity contribution in [3.8, 4) is 0 Å². The van der Waals surface area contributed by atoms with Crippen LogP contribution in [0.2, 0.25) is 0 Å². The molecule has 1 atom stereocenters. The fourth-order valence-corrected chi connectivity index (χ4v) is 1.25. The highest BCUT2D eigenvalue weighted by Gasteiger charge is 2.01. The predicted molar refractivity (Wildman–Crippen MR) is 43.3 cm³/mol. The van der Waals surface area contributed by atoms with Gasteiger partial charge < -0.3 is 0 Å². The summed E-state index contributed by atoms with van der Waals surface area (Å²) < 4.78 is 13.3. The Hall–Kier alpha value is 0.660. The normalized spacial score (nSPS) is 13.9. The second-order valence-corrected chi connectivity index (χ2v) is 2.94. The van der Waals surface area contributed by atoms with Gasteiger partial charge in [-0.2, -0.15) is 0 Å². The van der Waals surface area contributed by atoms with Crippen LogP contribution in [0.4, 0.5) is 4.39 Å². The Labute approximate surface area is 64.0 Å². The quantitative estimate of drug-likeness (QED) is 0.514. The topological polar surface area (TPSA) is 0 Å². The molecule has 0 aromatic heterocycles. The fraction of sp³-hybridized carbons (Fsp3) is 1.00. The van der Waals surface area contributed by atoms with Gasteiger partial charge in [0.15, 0.2) is 0 Å². The van der Waals surface area contributed by atoms with E-state index in [1.54, 1.807) is 0 Å². The monoisotopic (exact) mass is 230 g/mol. The molecule has 0 aliphatic carbocycles. The lowest BCUT2D eigenvalue weighted by Gasteiger charge is -2.00. The van der Waals surface area contributed by atoms with Crippen LogP contribution in [-0.4, -0.2) is 10.6 Å². The minimum Gasteiger partial charge on any atom is -0.247 e. The zero-order chi connectivity index (χ0) is 6.41. The Morgan fingerprint density at radius 1 is 1.50 bits per heavy atom. The number of alkyl halides is 2. The molecule has 0 radical (unpaired) electrons. The van der Waals surface area contributed by atoms with E-state index in [2.05, 4.69) is 22.6 Å². The third-order valence-electron chi connectivity index (χ3n) is 1.02. The summed E-state index contributed by atoms with van der Waals surface area (Å²) in [6, 6.07) is 0. The average molecular weight is 230 g/mol. The van der Waals surface area contributed by atoms with E-state index < -0.39 is 6.17 Å². The number of rotatable bonds is 4. The van der Waals surface area contributed by atoms with Gasteiger partial charge in [-0.05, 0) is 12.8 Å². The van der Waals surface area contributed by atoms with Crippen molar-refractivity contribution in [1.29, 1.82) is 0 Å². The first kappa shape index (κ1) is 8.66. The third kappa shape index (κ3) is 4.81. The van der Waals surface area contributed by atoms with Crippen molar-refractivity contribution in [2.75, 3.05) is 4.43 Å². The maximum atomic E-state index is 12.4. The molecule has 0 saturated heterocycles. The highest BCUT2D eigenvalue weighted by molar-refractivity contribution is 14.1. The first-order chi connectivity index (χ1) is 3.81. The molecule has 0 amide bonds. The van der Waals surface area contributed by atoms with Crippen LogP contribution in [-0.2, 0) is 0 Å². The Balaban J connectivity index is 2.92. The van der Waals surface area contributed by atoms with Crippen molar-refractivity contribution >= 4 is 22.6 Å². The van der Waals surface area contributed by atoms with Gasteiger partial charge in [0.25, 0.3) is 0 Å². The molecular weight excluding hydrogens is 218 g/mol. The largest absolute Gasteiger partial charge is 0.247 e. The number of hydrogen-bond donors (Lipinski definition) is 0. The molecule has 0 aromatic carbocycles. The first-order valence-electron chi connectivity index (χ1n) is 3.01. The van der Waals surface area contributed by atoms with Crippen LogP contribution < -0.4 is 0 Å². The zero-order valence-corrected chi connectivity index (χ0v) is 7.32. The van der Waals surface area contributed by atoms with Gasteiger partial charge in [0.1, 0.15) is 6.17 Å². The fourth-order valence-electron chi connectivity index (χ4n) is 0.576. The zero-order valence-electron chi connectivity index (χ0n) is 5.16. The summed E-state index contributed by atoms with van der Waals surface area (Å²) in [5.74, 6) is 0. The van der Waals surface area contributed by atoms with E-state index in [9.17, 15) is 4.39 Å². The summed E-state index contributed by atoms with van der Waals surface area (Å²) in [6.45, 7) is 2.01. The van der Waals surface area contributed by atoms with E-state index in [1.165, 1.54) is 0 Å². The highest BCUT2D eigenvalue weighted by Crippen LogP contribution is 2.07. The molecular formula is C6H12FI. The molecule has 0 bridgehead atoms. The second kappa shape index (κ2) is 5.79. The van der Waals surface area contributed by atoms with Crippen LogP contribution in [0, 0.1) is 0 Å². The van der Waals surface area contributed by atoms with Crippen LogP contribution in [0.25, 0.3) is 0 Å². The number of halogens is 2. The summed E-state index contributed by atoms with van der Waals surface area (Å²) in [5.41, 5.74) is 0. The van der Waals surface area contributed by atoms with Gasteiger partial charge in [0.2, 0.25) is 0 Å². The van der Waals surface area contributed by atoms with Gasteiger partial charge in [-0.15, -0.1) is 0 Å². The van der Waals surface area contributed by atoms with Gasteiger partial charge in [-0.3, -0.25) is 0 Å². The lowest BCUT2D eigenvalue weighted by atomic mass is 10.2. The summed E-state index contributed by atoms with van der Waals surface area (Å²) in [4.78, 5) is 0. The molecule has 0 aromatic rings. The first-order valence-corrected chi connectivity index (χ1v) is 4.53. The minimum atomic E-state index is -0.545. The van der Waals surface area contributed by atoms with Crippen molar-refractivity contribution in [3.05, 3.63) is 0 Å². The SMILES string of the molecule is CCCC(F)CCI. The summed E-state index contributed by atoms with van der Waals surface area (Å²) >= 11 is 2.20. The van der Waals surface area contributed by atoms with Crippen molar-refractivity contribution in [1.82, 2.24) is 0 Å². The Kier molecular flexibility index (Phi) is 6.27. The van der Waals surface area contributed by atoms with Crippen LogP contribution in [0.15, 0.2) is 0 Å². The van der Waals surface area contributed by atoms with E-state index in [1.807, 2.05) is 6.92 Å². The van der Waals surface area contributed by atoms with Crippen LogP contribution in [0.5, 0.6) is 0 Å². The van der Waals surface area contributed by atoms with Crippen molar-refractivity contribution < 1.29 is 4.39 Å². The van der Waals surface area contributed by atoms with Gasteiger partial charge in [-0.1, -0.05) is 35.9 Å². The Morgan fingerprint density at radius 2 is 2.12 bits per heavy atom. The molecule has 0 rings (SSSR count). The molecule has 0 heterocycles. The molecule has 0 nitrogen and oxygen atoms in total. The van der Waals surface area contributed by atoms with E-state index in [-0.39, 0.29) is 0 Å². The second-order valence-electron chi connectivity index (χ2n) is 1.86. The summed E-state index contributed by atoms with van der Waals surface area (Å²) in [5, 5.41) is 0. The summed E-state index contributed by atoms with van der Waals surface area (Å²) in [7, 11) is 0. The van der Waals surface area contributed by atoms with Gasteiger partial charge in [0, 0.05) is 4.43 Å². The van der Waals surface area contributed by atoms with Crippen molar-refractivity contribution in [2.24, 2.45) is 0 Å². The van der Waals surface area contributed by atoms with E-state index in [0.717, 1.165) is 23.7 Å². The van der Waals surface area contributed by atoms with Crippen molar-refractivity contribution in [2.45, 2.75) is 32.4 Å². The molecule has 0 N–H and O–H groups in total. The maximum Gasteiger partial charge on any atom is 0.101 e. The molecule has 0 aliphatic rings. The molecule has 8 heavy (non-hydrogen) atoms.